The van der Waals surface area contributed by atoms with Crippen LogP contribution in [0.2, 0.25) is 0 Å². The largest absolute Gasteiger partial charge is 0.465 e. The first-order valence-electron chi connectivity index (χ1n) is 7.11. The van der Waals surface area contributed by atoms with Gasteiger partial charge in [0.05, 0.1) is 12.2 Å². The third kappa shape index (κ3) is 1.75. The molecule has 2 aromatic heterocycles. The summed E-state index contributed by atoms with van der Waals surface area (Å²) in [6.07, 6.45) is 0.753. The Hall–Kier alpha value is -2.38. The van der Waals surface area contributed by atoms with Gasteiger partial charge < -0.3 is 14.6 Å². The number of carbonyl (C=O) groups is 1. The van der Waals surface area contributed by atoms with Crippen molar-refractivity contribution in [1.29, 1.82) is 0 Å². The van der Waals surface area contributed by atoms with Crippen molar-refractivity contribution in [3.8, 4) is 11.5 Å². The van der Waals surface area contributed by atoms with Crippen LogP contribution in [0.3, 0.4) is 0 Å². The van der Waals surface area contributed by atoms with E-state index in [1.165, 1.54) is 4.90 Å². The Kier molecular flexibility index (Phi) is 2.54. The molecule has 2 aliphatic rings. The molecule has 0 atom stereocenters. The number of aromatic nitrogens is 5. The van der Waals surface area contributed by atoms with E-state index in [0.29, 0.717) is 19.5 Å². The van der Waals surface area contributed by atoms with Gasteiger partial charge >= 0.3 is 6.09 Å². The first kappa shape index (κ1) is 12.4. The van der Waals surface area contributed by atoms with E-state index in [4.69, 9.17) is 0 Å². The summed E-state index contributed by atoms with van der Waals surface area (Å²) in [6, 6.07) is 0. The zero-order valence-corrected chi connectivity index (χ0v) is 11.8. The van der Waals surface area contributed by atoms with Crippen LogP contribution in [0.5, 0.6) is 0 Å². The van der Waals surface area contributed by atoms with Crippen molar-refractivity contribution in [2.24, 2.45) is 0 Å². The van der Waals surface area contributed by atoms with E-state index < -0.39 is 6.09 Å². The highest BCUT2D eigenvalue weighted by Crippen LogP contribution is 2.32. The first-order chi connectivity index (χ1) is 10.1. The molecule has 0 spiro atoms. The highest BCUT2D eigenvalue weighted by atomic mass is 16.4. The van der Waals surface area contributed by atoms with E-state index >= 15 is 0 Å². The summed E-state index contributed by atoms with van der Waals surface area (Å²) in [6.45, 7) is 4.53. The Morgan fingerprint density at radius 2 is 2.10 bits per heavy atom. The van der Waals surface area contributed by atoms with Gasteiger partial charge in [-0.05, 0) is 13.3 Å². The fourth-order valence-electron chi connectivity index (χ4n) is 3.20. The molecule has 1 amide bonds. The Morgan fingerprint density at radius 1 is 1.24 bits per heavy atom. The van der Waals surface area contributed by atoms with E-state index in [-0.39, 0.29) is 0 Å². The zero-order chi connectivity index (χ0) is 14.6. The number of rotatable bonds is 0. The lowest BCUT2D eigenvalue weighted by atomic mass is 10.1. The lowest BCUT2D eigenvalue weighted by Crippen LogP contribution is -2.34. The Bertz CT molecular complexity index is 731. The van der Waals surface area contributed by atoms with Gasteiger partial charge in [-0.3, -0.25) is 4.68 Å². The lowest BCUT2D eigenvalue weighted by molar-refractivity contribution is 0.140. The lowest BCUT2D eigenvalue weighted by Gasteiger charge is -2.23. The summed E-state index contributed by atoms with van der Waals surface area (Å²) in [5, 5.41) is 22.4. The van der Waals surface area contributed by atoms with Crippen LogP contribution in [0.1, 0.15) is 23.5 Å². The third-order valence-corrected chi connectivity index (χ3v) is 4.27. The molecule has 0 saturated heterocycles. The number of carboxylic acid groups (broad SMARTS) is 1. The molecule has 0 saturated carbocycles. The van der Waals surface area contributed by atoms with E-state index in [0.717, 1.165) is 48.1 Å². The first-order valence-corrected chi connectivity index (χ1v) is 7.11. The molecule has 0 fully saturated rings. The summed E-state index contributed by atoms with van der Waals surface area (Å²) < 4.78 is 4.07. The molecule has 110 valence electrons. The topological polar surface area (TPSA) is 89.1 Å². The third-order valence-electron chi connectivity index (χ3n) is 4.27. The molecule has 4 rings (SSSR count). The number of aryl methyl sites for hydroxylation is 2. The maximum atomic E-state index is 11.2. The molecule has 4 heterocycles. The van der Waals surface area contributed by atoms with Gasteiger partial charge in [0.2, 0.25) is 0 Å². The van der Waals surface area contributed by atoms with Gasteiger partial charge in [-0.1, -0.05) is 0 Å². The predicted octanol–water partition coefficient (Wildman–Crippen LogP) is 0.890. The summed E-state index contributed by atoms with van der Waals surface area (Å²) in [7, 11) is 0. The molecule has 0 aromatic carbocycles. The maximum Gasteiger partial charge on any atom is 0.407 e. The second-order valence-electron chi connectivity index (χ2n) is 5.53. The highest BCUT2D eigenvalue weighted by Gasteiger charge is 2.31. The average Bonchev–Trinajstić information content (AvgIpc) is 2.93. The van der Waals surface area contributed by atoms with Crippen molar-refractivity contribution in [1.82, 2.24) is 29.4 Å². The fraction of sp³-hybridized carbons (Fsp3) is 0.538. The summed E-state index contributed by atoms with van der Waals surface area (Å²) >= 11 is 0. The molecule has 0 unspecified atom stereocenters. The predicted molar refractivity (Wildman–Crippen MR) is 72.7 cm³/mol. The van der Waals surface area contributed by atoms with Crippen LogP contribution in [-0.2, 0) is 26.1 Å². The molecular formula is C13H16N6O2. The minimum atomic E-state index is -0.883. The smallest absolute Gasteiger partial charge is 0.407 e. The minimum absolute atomic E-state index is 0.381. The molecule has 1 N–H and O–H groups in total. The van der Waals surface area contributed by atoms with Crippen LogP contribution in [0, 0.1) is 6.92 Å². The Morgan fingerprint density at radius 3 is 2.90 bits per heavy atom. The SMILES string of the molecule is Cc1nnc2n1CCCn1nc3c(c1-2)CN(C(=O)O)CC3. The van der Waals surface area contributed by atoms with Crippen molar-refractivity contribution in [3.63, 3.8) is 0 Å². The number of hydrogen-bond donors (Lipinski definition) is 1. The van der Waals surface area contributed by atoms with Crippen LogP contribution in [0.25, 0.3) is 11.5 Å². The van der Waals surface area contributed by atoms with Crippen molar-refractivity contribution >= 4 is 6.09 Å². The van der Waals surface area contributed by atoms with Gasteiger partial charge in [-0.15, -0.1) is 10.2 Å². The van der Waals surface area contributed by atoms with Gasteiger partial charge in [0.1, 0.15) is 11.5 Å². The molecule has 0 bridgehead atoms. The molecule has 8 heteroatoms. The second-order valence-corrected chi connectivity index (χ2v) is 5.53. The molecule has 0 aliphatic carbocycles. The van der Waals surface area contributed by atoms with E-state index in [2.05, 4.69) is 19.9 Å². The van der Waals surface area contributed by atoms with Gasteiger partial charge in [0.25, 0.3) is 0 Å². The average molecular weight is 288 g/mol. The molecule has 2 aromatic rings. The highest BCUT2D eigenvalue weighted by molar-refractivity contribution is 5.67. The minimum Gasteiger partial charge on any atom is -0.465 e. The van der Waals surface area contributed by atoms with Crippen molar-refractivity contribution in [3.05, 3.63) is 17.1 Å². The molecule has 8 nitrogen and oxygen atoms in total. The van der Waals surface area contributed by atoms with E-state index in [1.807, 2.05) is 11.6 Å². The molecule has 2 aliphatic heterocycles. The second kappa shape index (κ2) is 4.31. The molecule has 21 heavy (non-hydrogen) atoms. The number of nitrogens with zero attached hydrogens (tertiary/aromatic N) is 6. The maximum absolute atomic E-state index is 11.2. The van der Waals surface area contributed by atoms with Gasteiger partial charge in [0, 0.05) is 31.6 Å². The van der Waals surface area contributed by atoms with Gasteiger partial charge in [-0.25, -0.2) is 4.79 Å². The van der Waals surface area contributed by atoms with Crippen LogP contribution < -0.4 is 0 Å². The molecular weight excluding hydrogens is 272 g/mol. The van der Waals surface area contributed by atoms with Crippen molar-refractivity contribution in [2.45, 2.75) is 39.4 Å². The van der Waals surface area contributed by atoms with Gasteiger partial charge in [-0.2, -0.15) is 5.10 Å². The number of fused-ring (bicyclic) bond motifs is 5. The van der Waals surface area contributed by atoms with Crippen LogP contribution >= 0.6 is 0 Å². The van der Waals surface area contributed by atoms with Crippen LogP contribution in [0.15, 0.2) is 0 Å². The number of amides is 1. The molecule has 0 radical (unpaired) electrons. The van der Waals surface area contributed by atoms with Crippen LogP contribution in [0.4, 0.5) is 4.79 Å². The van der Waals surface area contributed by atoms with Crippen molar-refractivity contribution in [2.75, 3.05) is 6.54 Å². The Balaban J connectivity index is 1.88. The fourth-order valence-corrected chi connectivity index (χ4v) is 3.20. The standard InChI is InChI=1S/C13H16N6O2/c1-8-14-15-12-11-9-7-17(13(20)21)6-3-10(9)16-19(11)5-2-4-18(8)12/h2-7H2,1H3,(H,20,21). The number of hydrogen-bond acceptors (Lipinski definition) is 4. The van der Waals surface area contributed by atoms with Crippen LogP contribution in [-0.4, -0.2) is 47.2 Å². The normalized spacial score (nSPS) is 16.9. The zero-order valence-electron chi connectivity index (χ0n) is 11.8. The summed E-state index contributed by atoms with van der Waals surface area (Å²) in [4.78, 5) is 12.7. The van der Waals surface area contributed by atoms with Crippen molar-refractivity contribution < 1.29 is 9.90 Å². The summed E-state index contributed by atoms with van der Waals surface area (Å²) in [5.41, 5.74) is 2.92. The van der Waals surface area contributed by atoms with E-state index in [1.54, 1.807) is 0 Å². The van der Waals surface area contributed by atoms with E-state index in [9.17, 15) is 9.90 Å². The quantitative estimate of drug-likeness (QED) is 0.777. The van der Waals surface area contributed by atoms with Gasteiger partial charge in [0.15, 0.2) is 5.82 Å². The Labute approximate surface area is 121 Å². The summed E-state index contributed by atoms with van der Waals surface area (Å²) in [5.74, 6) is 1.70. The monoisotopic (exact) mass is 288 g/mol.